The van der Waals surface area contributed by atoms with Crippen LogP contribution < -0.4 is 10.6 Å². The average molecular weight is 158 g/mol. The van der Waals surface area contributed by atoms with Crippen LogP contribution in [0.15, 0.2) is 0 Å². The van der Waals surface area contributed by atoms with Crippen LogP contribution in [0, 0.1) is 0 Å². The van der Waals surface area contributed by atoms with Gasteiger partial charge in [-0.15, -0.1) is 0 Å². The second-order valence-electron chi connectivity index (χ2n) is 2.50. The first kappa shape index (κ1) is 8.00. The summed E-state index contributed by atoms with van der Waals surface area (Å²) in [6.07, 6.45) is 0.390. The largest absolute Gasteiger partial charge is 0.393 e. The molecular formula is C6H10N2O3. The van der Waals surface area contributed by atoms with Crippen molar-refractivity contribution >= 4 is 11.9 Å². The van der Waals surface area contributed by atoms with E-state index in [0.29, 0.717) is 6.42 Å². The lowest BCUT2D eigenvalue weighted by Gasteiger charge is -2.20. The number of aliphatic hydroxyl groups excluding tert-OH is 1. The fourth-order valence-corrected chi connectivity index (χ4v) is 1.00. The number of carbonyl (C=O) groups is 2. The van der Waals surface area contributed by atoms with Crippen molar-refractivity contribution in [2.24, 2.45) is 0 Å². The molecule has 0 radical (unpaired) electrons. The molecular weight excluding hydrogens is 148 g/mol. The van der Waals surface area contributed by atoms with Gasteiger partial charge >= 0.3 is 6.03 Å². The Hall–Kier alpha value is -1.10. The first-order valence-corrected chi connectivity index (χ1v) is 3.39. The Morgan fingerprint density at radius 2 is 2.18 bits per heavy atom. The number of hydrogen-bond acceptors (Lipinski definition) is 3. The van der Waals surface area contributed by atoms with E-state index in [-0.39, 0.29) is 6.61 Å². The van der Waals surface area contributed by atoms with Crippen LogP contribution in [-0.2, 0) is 4.79 Å². The Morgan fingerprint density at radius 1 is 1.55 bits per heavy atom. The monoisotopic (exact) mass is 158 g/mol. The lowest BCUT2D eigenvalue weighted by atomic mass is 9.98. The van der Waals surface area contributed by atoms with Gasteiger partial charge in [-0.25, -0.2) is 4.79 Å². The summed E-state index contributed by atoms with van der Waals surface area (Å²) in [6.45, 7) is 1.36. The minimum atomic E-state index is -1.09. The Labute approximate surface area is 63.8 Å². The average Bonchev–Trinajstić information content (AvgIpc) is 2.27. The van der Waals surface area contributed by atoms with Gasteiger partial charge in [-0.1, -0.05) is 6.92 Å². The molecule has 1 atom stereocenters. The Kier molecular flexibility index (Phi) is 1.82. The van der Waals surface area contributed by atoms with Gasteiger partial charge in [0.25, 0.3) is 5.91 Å². The first-order chi connectivity index (χ1) is 5.14. The number of amides is 3. The quantitative estimate of drug-likeness (QED) is 0.449. The van der Waals surface area contributed by atoms with E-state index in [0.717, 1.165) is 0 Å². The van der Waals surface area contributed by atoms with Gasteiger partial charge in [0.1, 0.15) is 5.54 Å². The van der Waals surface area contributed by atoms with E-state index >= 15 is 0 Å². The van der Waals surface area contributed by atoms with E-state index < -0.39 is 17.5 Å². The number of carbonyl (C=O) groups excluding carboxylic acids is 2. The SMILES string of the molecule is CC[C@]1(CO)NC(=O)NC1=O. The molecule has 1 aliphatic heterocycles. The molecule has 0 spiro atoms. The molecule has 5 heteroatoms. The third-order valence-electron chi connectivity index (χ3n) is 1.89. The predicted octanol–water partition coefficient (Wildman–Crippen LogP) is -1.03. The summed E-state index contributed by atoms with van der Waals surface area (Å²) in [5.74, 6) is -0.451. The smallest absolute Gasteiger partial charge is 0.322 e. The van der Waals surface area contributed by atoms with Crippen molar-refractivity contribution in [3.05, 3.63) is 0 Å². The van der Waals surface area contributed by atoms with Crippen molar-refractivity contribution in [1.82, 2.24) is 10.6 Å². The Morgan fingerprint density at radius 3 is 2.36 bits per heavy atom. The van der Waals surface area contributed by atoms with Crippen molar-refractivity contribution in [1.29, 1.82) is 0 Å². The van der Waals surface area contributed by atoms with E-state index in [1.165, 1.54) is 0 Å². The van der Waals surface area contributed by atoms with E-state index in [1.807, 2.05) is 0 Å². The number of imide groups is 1. The van der Waals surface area contributed by atoms with Gasteiger partial charge in [-0.2, -0.15) is 0 Å². The van der Waals surface area contributed by atoms with Crippen LogP contribution in [0.2, 0.25) is 0 Å². The molecule has 0 bridgehead atoms. The maximum atomic E-state index is 11.0. The van der Waals surface area contributed by atoms with Gasteiger partial charge in [0.15, 0.2) is 0 Å². The molecule has 0 aromatic carbocycles. The van der Waals surface area contributed by atoms with Crippen molar-refractivity contribution in [3.8, 4) is 0 Å². The second-order valence-corrected chi connectivity index (χ2v) is 2.50. The Balaban J connectivity index is 2.84. The van der Waals surface area contributed by atoms with Crippen molar-refractivity contribution in [2.45, 2.75) is 18.9 Å². The predicted molar refractivity (Wildman–Crippen MR) is 36.8 cm³/mol. The van der Waals surface area contributed by atoms with Crippen LogP contribution in [0.4, 0.5) is 4.79 Å². The molecule has 1 rings (SSSR count). The summed E-state index contributed by atoms with van der Waals surface area (Å²) in [5, 5.41) is 13.3. The molecule has 1 heterocycles. The number of aliphatic hydroxyl groups is 1. The molecule has 0 aliphatic carbocycles. The highest BCUT2D eigenvalue weighted by Crippen LogP contribution is 2.13. The molecule has 62 valence electrons. The normalized spacial score (nSPS) is 30.0. The zero-order valence-electron chi connectivity index (χ0n) is 6.18. The number of nitrogens with one attached hydrogen (secondary N) is 2. The standard InChI is InChI=1S/C6H10N2O3/c1-2-6(3-9)4(10)7-5(11)8-6/h9H,2-3H2,1H3,(H2,7,8,10,11)/t6-/m1/s1. The fraction of sp³-hybridized carbons (Fsp3) is 0.667. The van der Waals surface area contributed by atoms with E-state index in [1.54, 1.807) is 6.92 Å². The molecule has 1 saturated heterocycles. The molecule has 3 N–H and O–H groups in total. The molecule has 1 fully saturated rings. The zero-order valence-corrected chi connectivity index (χ0v) is 6.18. The molecule has 3 amide bonds. The summed E-state index contributed by atoms with van der Waals surface area (Å²) in [5.41, 5.74) is -1.09. The fourth-order valence-electron chi connectivity index (χ4n) is 1.00. The summed E-state index contributed by atoms with van der Waals surface area (Å²) in [7, 11) is 0. The van der Waals surface area contributed by atoms with Gasteiger partial charge in [-0.3, -0.25) is 10.1 Å². The first-order valence-electron chi connectivity index (χ1n) is 3.39. The summed E-state index contributed by atoms with van der Waals surface area (Å²) in [6, 6.07) is -0.536. The number of rotatable bonds is 2. The third-order valence-corrected chi connectivity index (χ3v) is 1.89. The highest BCUT2D eigenvalue weighted by molar-refractivity contribution is 6.07. The third kappa shape index (κ3) is 1.07. The molecule has 0 aromatic heterocycles. The minimum Gasteiger partial charge on any atom is -0.393 e. The van der Waals surface area contributed by atoms with Gasteiger partial charge < -0.3 is 10.4 Å². The molecule has 0 aromatic rings. The van der Waals surface area contributed by atoms with E-state index in [2.05, 4.69) is 10.6 Å². The van der Waals surface area contributed by atoms with Gasteiger partial charge in [-0.05, 0) is 6.42 Å². The number of hydrogen-bond donors (Lipinski definition) is 3. The lowest BCUT2D eigenvalue weighted by Crippen LogP contribution is -2.49. The topological polar surface area (TPSA) is 78.4 Å². The molecule has 1 aliphatic rings. The maximum absolute atomic E-state index is 11.0. The van der Waals surface area contributed by atoms with Crippen molar-refractivity contribution in [2.75, 3.05) is 6.61 Å². The molecule has 11 heavy (non-hydrogen) atoms. The van der Waals surface area contributed by atoms with Crippen LogP contribution >= 0.6 is 0 Å². The van der Waals surface area contributed by atoms with Crippen molar-refractivity contribution in [3.63, 3.8) is 0 Å². The summed E-state index contributed by atoms with van der Waals surface area (Å²) in [4.78, 5) is 21.6. The molecule has 5 nitrogen and oxygen atoms in total. The van der Waals surface area contributed by atoms with Gasteiger partial charge in [0.2, 0.25) is 0 Å². The maximum Gasteiger partial charge on any atom is 0.322 e. The second kappa shape index (κ2) is 2.50. The highest BCUT2D eigenvalue weighted by atomic mass is 16.3. The van der Waals surface area contributed by atoms with E-state index in [4.69, 9.17) is 5.11 Å². The van der Waals surface area contributed by atoms with Crippen LogP contribution in [0.3, 0.4) is 0 Å². The van der Waals surface area contributed by atoms with Crippen LogP contribution in [-0.4, -0.2) is 29.2 Å². The summed E-state index contributed by atoms with van der Waals surface area (Å²) < 4.78 is 0. The Bertz CT molecular complexity index is 198. The molecule has 0 unspecified atom stereocenters. The lowest BCUT2D eigenvalue weighted by molar-refractivity contribution is -0.125. The number of urea groups is 1. The van der Waals surface area contributed by atoms with Crippen LogP contribution in [0.5, 0.6) is 0 Å². The molecule has 0 saturated carbocycles. The summed E-state index contributed by atoms with van der Waals surface area (Å²) >= 11 is 0. The van der Waals surface area contributed by atoms with E-state index in [9.17, 15) is 9.59 Å². The van der Waals surface area contributed by atoms with Gasteiger partial charge in [0.05, 0.1) is 6.61 Å². The minimum absolute atomic E-state index is 0.360. The highest BCUT2D eigenvalue weighted by Gasteiger charge is 2.43. The van der Waals surface area contributed by atoms with Crippen LogP contribution in [0.25, 0.3) is 0 Å². The van der Waals surface area contributed by atoms with Crippen molar-refractivity contribution < 1.29 is 14.7 Å². The van der Waals surface area contributed by atoms with Gasteiger partial charge in [0, 0.05) is 0 Å². The van der Waals surface area contributed by atoms with Crippen LogP contribution in [0.1, 0.15) is 13.3 Å². The zero-order chi connectivity index (χ0) is 8.48.